The highest BCUT2D eigenvalue weighted by atomic mass is 16.5. The number of amides is 2. The fourth-order valence-electron chi connectivity index (χ4n) is 5.78. The zero-order valence-corrected chi connectivity index (χ0v) is 23.5. The number of carboxylic acid groups (broad SMARTS) is 1. The van der Waals surface area contributed by atoms with Gasteiger partial charge in [-0.3, -0.25) is 0 Å². The van der Waals surface area contributed by atoms with Crippen molar-refractivity contribution in [3.8, 4) is 0 Å². The molecule has 2 amide bonds. The quantitative estimate of drug-likeness (QED) is 0.347. The third kappa shape index (κ3) is 8.80. The second kappa shape index (κ2) is 14.5. The molecule has 0 aliphatic heterocycles. The molecule has 0 saturated heterocycles. The van der Waals surface area contributed by atoms with Crippen LogP contribution in [-0.2, 0) is 22.6 Å². The summed E-state index contributed by atoms with van der Waals surface area (Å²) in [5.41, 5.74) is 4.11. The van der Waals surface area contributed by atoms with Gasteiger partial charge in [0, 0.05) is 19.1 Å². The average molecular weight is 537 g/mol. The number of hydrogen-bond donors (Lipinski definition) is 2. The minimum absolute atomic E-state index is 0.0108. The molecule has 0 bridgehead atoms. The maximum atomic E-state index is 13.2. The van der Waals surface area contributed by atoms with Gasteiger partial charge in [-0.15, -0.1) is 0 Å². The van der Waals surface area contributed by atoms with E-state index in [-0.39, 0.29) is 30.9 Å². The molecule has 7 heteroatoms. The molecule has 2 aliphatic rings. The summed E-state index contributed by atoms with van der Waals surface area (Å²) < 4.78 is 12.4. The molecule has 2 N–H and O–H groups in total. The van der Waals surface area contributed by atoms with Crippen LogP contribution >= 0.6 is 0 Å². The predicted molar refractivity (Wildman–Crippen MR) is 152 cm³/mol. The van der Waals surface area contributed by atoms with Crippen LogP contribution in [0.3, 0.4) is 0 Å². The van der Waals surface area contributed by atoms with E-state index in [1.807, 2.05) is 30.0 Å². The lowest BCUT2D eigenvalue weighted by Crippen LogP contribution is -2.46. The highest BCUT2D eigenvalue weighted by Gasteiger charge is 2.25. The molecule has 2 fully saturated rings. The van der Waals surface area contributed by atoms with Crippen molar-refractivity contribution < 1.29 is 24.2 Å². The van der Waals surface area contributed by atoms with E-state index >= 15 is 0 Å². The molecule has 4 rings (SSSR count). The molecule has 2 aromatic carbocycles. The fraction of sp³-hybridized carbons (Fsp3) is 0.562. The van der Waals surface area contributed by atoms with Crippen LogP contribution in [0.5, 0.6) is 0 Å². The number of ether oxygens (including phenoxy) is 2. The first-order valence-corrected chi connectivity index (χ1v) is 14.5. The van der Waals surface area contributed by atoms with Crippen molar-refractivity contribution >= 4 is 12.0 Å². The first-order chi connectivity index (χ1) is 18.9. The van der Waals surface area contributed by atoms with Crippen molar-refractivity contribution in [1.82, 2.24) is 10.2 Å². The lowest BCUT2D eigenvalue weighted by atomic mass is 9.94. The van der Waals surface area contributed by atoms with E-state index in [0.29, 0.717) is 30.8 Å². The smallest absolute Gasteiger partial charge is 0.336 e. The van der Waals surface area contributed by atoms with Gasteiger partial charge in [-0.25, -0.2) is 9.59 Å². The average Bonchev–Trinajstić information content (AvgIpc) is 2.93. The number of rotatable bonds is 11. The number of benzene rings is 2. The molecule has 2 atom stereocenters. The van der Waals surface area contributed by atoms with Crippen LogP contribution < -0.4 is 5.32 Å². The topological polar surface area (TPSA) is 88.1 Å². The Morgan fingerprint density at radius 1 is 0.923 bits per heavy atom. The van der Waals surface area contributed by atoms with Gasteiger partial charge in [-0.05, 0) is 69.1 Å². The van der Waals surface area contributed by atoms with Gasteiger partial charge >= 0.3 is 12.0 Å². The SMILES string of the molecule is Cc1ccc(CN(CCO[C@H]2CCCC(OCc3cccc(C)c3C(=O)O)C2)C(=O)NC2CCCCC2)cc1. The number of aromatic carboxylic acids is 1. The third-order valence-corrected chi connectivity index (χ3v) is 8.05. The number of nitrogens with one attached hydrogen (secondary N) is 1. The zero-order chi connectivity index (χ0) is 27.6. The Morgan fingerprint density at radius 2 is 1.64 bits per heavy atom. The lowest BCUT2D eigenvalue weighted by Gasteiger charge is -2.31. The molecule has 1 unspecified atom stereocenters. The summed E-state index contributed by atoms with van der Waals surface area (Å²) in [5.74, 6) is -0.917. The Hall–Kier alpha value is -2.90. The summed E-state index contributed by atoms with van der Waals surface area (Å²) in [7, 11) is 0. The van der Waals surface area contributed by atoms with Gasteiger partial charge in [-0.2, -0.15) is 0 Å². The standard InChI is InChI=1S/C32H44N2O5/c1-23-14-16-25(17-15-23)21-34(32(37)33-27-10-4-3-5-11-27)18-19-38-28-12-7-13-29(20-28)39-22-26-9-6-8-24(2)30(26)31(35)36/h6,8-9,14-17,27-29H,3-5,7,10-13,18-22H2,1-2H3,(H,33,37)(H,35,36)/t28-,29?/m0/s1. The van der Waals surface area contributed by atoms with Crippen LogP contribution in [0.1, 0.15) is 90.4 Å². The van der Waals surface area contributed by atoms with Crippen molar-refractivity contribution in [2.45, 2.75) is 103 Å². The Kier molecular flexibility index (Phi) is 10.8. The molecule has 212 valence electrons. The summed E-state index contributed by atoms with van der Waals surface area (Å²) in [4.78, 5) is 26.8. The maximum Gasteiger partial charge on any atom is 0.336 e. The van der Waals surface area contributed by atoms with Gasteiger partial charge in [0.25, 0.3) is 0 Å². The number of hydrogen-bond acceptors (Lipinski definition) is 4. The molecule has 0 spiro atoms. The van der Waals surface area contributed by atoms with Gasteiger partial charge in [-0.1, -0.05) is 67.3 Å². The minimum atomic E-state index is -0.917. The summed E-state index contributed by atoms with van der Waals surface area (Å²) in [6, 6.07) is 14.1. The Balaban J connectivity index is 1.28. The van der Waals surface area contributed by atoms with Crippen LogP contribution in [-0.4, -0.2) is 53.4 Å². The largest absolute Gasteiger partial charge is 0.478 e. The summed E-state index contributed by atoms with van der Waals surface area (Å²) in [6.45, 7) is 5.72. The molecule has 2 aromatic rings. The van der Waals surface area contributed by atoms with E-state index in [1.54, 1.807) is 0 Å². The van der Waals surface area contributed by atoms with Crippen molar-refractivity contribution in [3.63, 3.8) is 0 Å². The Labute approximate surface area is 232 Å². The summed E-state index contributed by atoms with van der Waals surface area (Å²) in [6.07, 6.45) is 9.52. The number of carboxylic acids is 1. The van der Waals surface area contributed by atoms with Crippen LogP contribution in [0.25, 0.3) is 0 Å². The van der Waals surface area contributed by atoms with Crippen molar-refractivity contribution in [3.05, 3.63) is 70.3 Å². The number of aryl methyl sites for hydroxylation is 2. The van der Waals surface area contributed by atoms with E-state index in [1.165, 1.54) is 24.8 Å². The second-order valence-corrected chi connectivity index (χ2v) is 11.2. The van der Waals surface area contributed by atoms with Crippen molar-refractivity contribution in [2.75, 3.05) is 13.2 Å². The molecule has 7 nitrogen and oxygen atoms in total. The molecule has 0 aromatic heterocycles. The van der Waals surface area contributed by atoms with Gasteiger partial charge in [0.05, 0.1) is 31.0 Å². The van der Waals surface area contributed by atoms with Crippen LogP contribution in [0.2, 0.25) is 0 Å². The molecule has 2 saturated carbocycles. The molecular formula is C32H44N2O5. The number of urea groups is 1. The highest BCUT2D eigenvalue weighted by Crippen LogP contribution is 2.26. The van der Waals surface area contributed by atoms with E-state index in [0.717, 1.165) is 49.7 Å². The maximum absolute atomic E-state index is 13.2. The normalized spacial score (nSPS) is 19.9. The van der Waals surface area contributed by atoms with E-state index in [2.05, 4.69) is 36.5 Å². The minimum Gasteiger partial charge on any atom is -0.478 e. The third-order valence-electron chi connectivity index (χ3n) is 8.05. The Bertz CT molecular complexity index is 1080. The van der Waals surface area contributed by atoms with Gasteiger partial charge < -0.3 is 24.8 Å². The fourth-order valence-corrected chi connectivity index (χ4v) is 5.78. The van der Waals surface area contributed by atoms with Crippen LogP contribution in [0.15, 0.2) is 42.5 Å². The number of carbonyl (C=O) groups excluding carboxylic acids is 1. The molecule has 2 aliphatic carbocycles. The lowest BCUT2D eigenvalue weighted by molar-refractivity contribution is -0.0526. The molecule has 0 heterocycles. The second-order valence-electron chi connectivity index (χ2n) is 11.2. The number of carbonyl (C=O) groups is 2. The number of nitrogens with zero attached hydrogens (tertiary/aromatic N) is 1. The summed E-state index contributed by atoms with van der Waals surface area (Å²) in [5, 5.41) is 12.9. The van der Waals surface area contributed by atoms with Crippen LogP contribution in [0, 0.1) is 13.8 Å². The van der Waals surface area contributed by atoms with Gasteiger partial charge in [0.2, 0.25) is 0 Å². The monoisotopic (exact) mass is 536 g/mol. The van der Waals surface area contributed by atoms with E-state index < -0.39 is 5.97 Å². The van der Waals surface area contributed by atoms with Gasteiger partial charge in [0.15, 0.2) is 0 Å². The molecule has 39 heavy (non-hydrogen) atoms. The molecule has 0 radical (unpaired) electrons. The van der Waals surface area contributed by atoms with Crippen LogP contribution in [0.4, 0.5) is 4.79 Å². The first kappa shape index (κ1) is 29.1. The van der Waals surface area contributed by atoms with E-state index in [4.69, 9.17) is 9.47 Å². The van der Waals surface area contributed by atoms with Crippen molar-refractivity contribution in [1.29, 1.82) is 0 Å². The zero-order valence-electron chi connectivity index (χ0n) is 23.5. The predicted octanol–water partition coefficient (Wildman–Crippen LogP) is 6.39. The Morgan fingerprint density at radius 3 is 2.36 bits per heavy atom. The first-order valence-electron chi connectivity index (χ1n) is 14.5. The highest BCUT2D eigenvalue weighted by molar-refractivity contribution is 5.91. The van der Waals surface area contributed by atoms with E-state index in [9.17, 15) is 14.7 Å². The van der Waals surface area contributed by atoms with Gasteiger partial charge in [0.1, 0.15) is 0 Å². The summed E-state index contributed by atoms with van der Waals surface area (Å²) >= 11 is 0. The molecular weight excluding hydrogens is 492 g/mol. The van der Waals surface area contributed by atoms with Crippen molar-refractivity contribution in [2.24, 2.45) is 0 Å².